The molecule has 0 bridgehead atoms. The smallest absolute Gasteiger partial charge is 0.307 e. The van der Waals surface area contributed by atoms with Gasteiger partial charge in [-0.25, -0.2) is 0 Å². The molecule has 0 unspecified atom stereocenters. The summed E-state index contributed by atoms with van der Waals surface area (Å²) in [6.07, 6.45) is 0.937. The third-order valence-corrected chi connectivity index (χ3v) is 3.48. The summed E-state index contributed by atoms with van der Waals surface area (Å²) in [5.74, 6) is -0.168. The van der Waals surface area contributed by atoms with Gasteiger partial charge in [0.25, 0.3) is 11.6 Å². The molecule has 0 aromatic heterocycles. The standard InChI is InChI=1S/C17H24N2O5/c1-4-24-16(20)10-12-18(11-9-13(2)3)17(21)14-5-7-15(8-6-14)19(22)23/h5-8,13H,4,9-12H2,1-3H3. The summed E-state index contributed by atoms with van der Waals surface area (Å²) in [6.45, 7) is 6.94. The number of nitro groups is 1. The largest absolute Gasteiger partial charge is 0.466 e. The zero-order valence-corrected chi connectivity index (χ0v) is 14.4. The zero-order chi connectivity index (χ0) is 18.1. The number of nitro benzene ring substituents is 1. The van der Waals surface area contributed by atoms with Crippen LogP contribution in [-0.4, -0.2) is 41.4 Å². The van der Waals surface area contributed by atoms with Crippen molar-refractivity contribution in [3.05, 3.63) is 39.9 Å². The van der Waals surface area contributed by atoms with Crippen LogP contribution in [0.5, 0.6) is 0 Å². The van der Waals surface area contributed by atoms with E-state index in [0.717, 1.165) is 6.42 Å². The summed E-state index contributed by atoms with van der Waals surface area (Å²) in [7, 11) is 0. The van der Waals surface area contributed by atoms with Crippen LogP contribution in [0.2, 0.25) is 0 Å². The van der Waals surface area contributed by atoms with Crippen LogP contribution < -0.4 is 0 Å². The number of non-ortho nitro benzene ring substituents is 1. The number of amides is 1. The molecule has 0 saturated carbocycles. The highest BCUT2D eigenvalue weighted by Crippen LogP contribution is 2.15. The van der Waals surface area contributed by atoms with Gasteiger partial charge in [-0.15, -0.1) is 0 Å². The Bertz CT molecular complexity index is 569. The lowest BCUT2D eigenvalue weighted by molar-refractivity contribution is -0.384. The highest BCUT2D eigenvalue weighted by Gasteiger charge is 2.18. The van der Waals surface area contributed by atoms with Gasteiger partial charge >= 0.3 is 5.97 Å². The number of esters is 1. The van der Waals surface area contributed by atoms with Crippen LogP contribution in [0.15, 0.2) is 24.3 Å². The van der Waals surface area contributed by atoms with E-state index in [-0.39, 0.29) is 30.5 Å². The Labute approximate surface area is 141 Å². The number of nitrogens with zero attached hydrogens (tertiary/aromatic N) is 2. The van der Waals surface area contributed by atoms with Crippen molar-refractivity contribution in [2.75, 3.05) is 19.7 Å². The van der Waals surface area contributed by atoms with Crippen LogP contribution in [-0.2, 0) is 9.53 Å². The Hall–Kier alpha value is -2.44. The van der Waals surface area contributed by atoms with Crippen molar-refractivity contribution in [3.8, 4) is 0 Å². The number of rotatable bonds is 9. The van der Waals surface area contributed by atoms with Gasteiger partial charge in [0.1, 0.15) is 0 Å². The third-order valence-electron chi connectivity index (χ3n) is 3.48. The minimum Gasteiger partial charge on any atom is -0.466 e. The van der Waals surface area contributed by atoms with Gasteiger partial charge in [0.2, 0.25) is 0 Å². The fourth-order valence-electron chi connectivity index (χ4n) is 2.10. The van der Waals surface area contributed by atoms with Crippen molar-refractivity contribution >= 4 is 17.6 Å². The Kier molecular flexibility index (Phi) is 7.88. The van der Waals surface area contributed by atoms with Gasteiger partial charge in [0, 0.05) is 30.8 Å². The van der Waals surface area contributed by atoms with Crippen molar-refractivity contribution < 1.29 is 19.2 Å². The minimum absolute atomic E-state index is 0.0631. The molecule has 0 heterocycles. The average Bonchev–Trinajstić information content (AvgIpc) is 2.54. The Morgan fingerprint density at radius 3 is 2.33 bits per heavy atom. The van der Waals surface area contributed by atoms with Crippen molar-refractivity contribution in [2.24, 2.45) is 5.92 Å². The van der Waals surface area contributed by atoms with E-state index in [9.17, 15) is 19.7 Å². The molecule has 0 radical (unpaired) electrons. The first-order chi connectivity index (χ1) is 11.3. The third kappa shape index (κ3) is 6.36. The first-order valence-electron chi connectivity index (χ1n) is 8.04. The lowest BCUT2D eigenvalue weighted by Crippen LogP contribution is -2.34. The molecular weight excluding hydrogens is 312 g/mol. The van der Waals surface area contributed by atoms with Crippen molar-refractivity contribution in [2.45, 2.75) is 33.6 Å². The van der Waals surface area contributed by atoms with Gasteiger partial charge in [-0.2, -0.15) is 0 Å². The fraction of sp³-hybridized carbons (Fsp3) is 0.529. The Morgan fingerprint density at radius 1 is 1.21 bits per heavy atom. The van der Waals surface area contributed by atoms with Gasteiger partial charge in [-0.05, 0) is 31.4 Å². The highest BCUT2D eigenvalue weighted by molar-refractivity contribution is 5.94. The van der Waals surface area contributed by atoms with E-state index in [4.69, 9.17) is 4.74 Å². The van der Waals surface area contributed by atoms with E-state index in [1.165, 1.54) is 24.3 Å². The summed E-state index contributed by atoms with van der Waals surface area (Å²) < 4.78 is 4.89. The number of hydrogen-bond acceptors (Lipinski definition) is 5. The molecule has 0 atom stereocenters. The zero-order valence-electron chi connectivity index (χ0n) is 14.4. The molecule has 0 fully saturated rings. The first kappa shape index (κ1) is 19.6. The van der Waals surface area contributed by atoms with Crippen molar-refractivity contribution in [3.63, 3.8) is 0 Å². The monoisotopic (exact) mass is 336 g/mol. The van der Waals surface area contributed by atoms with E-state index in [1.54, 1.807) is 11.8 Å². The van der Waals surface area contributed by atoms with Crippen LogP contribution in [0.25, 0.3) is 0 Å². The van der Waals surface area contributed by atoms with Gasteiger partial charge in [-0.3, -0.25) is 19.7 Å². The van der Waals surface area contributed by atoms with Gasteiger partial charge in [0.05, 0.1) is 18.0 Å². The second kappa shape index (κ2) is 9.64. The van der Waals surface area contributed by atoms with Crippen LogP contribution in [0.3, 0.4) is 0 Å². The summed E-state index contributed by atoms with van der Waals surface area (Å²) >= 11 is 0. The second-order valence-electron chi connectivity index (χ2n) is 5.83. The summed E-state index contributed by atoms with van der Waals surface area (Å²) in [5, 5.41) is 10.7. The summed E-state index contributed by atoms with van der Waals surface area (Å²) in [5.41, 5.74) is 0.306. The van der Waals surface area contributed by atoms with Gasteiger partial charge < -0.3 is 9.64 Å². The molecule has 0 aliphatic rings. The maximum Gasteiger partial charge on any atom is 0.307 e. The van der Waals surface area contributed by atoms with E-state index >= 15 is 0 Å². The molecule has 0 aliphatic heterocycles. The molecule has 0 saturated heterocycles. The molecule has 1 aromatic rings. The maximum atomic E-state index is 12.6. The molecule has 0 N–H and O–H groups in total. The normalized spacial score (nSPS) is 10.5. The van der Waals surface area contributed by atoms with Crippen molar-refractivity contribution in [1.29, 1.82) is 0 Å². The summed E-state index contributed by atoms with van der Waals surface area (Å²) in [6, 6.07) is 5.48. The van der Waals surface area contributed by atoms with Crippen LogP contribution >= 0.6 is 0 Å². The molecule has 24 heavy (non-hydrogen) atoms. The Morgan fingerprint density at radius 2 is 1.83 bits per heavy atom. The van der Waals surface area contributed by atoms with Gasteiger partial charge in [0.15, 0.2) is 0 Å². The number of carbonyl (C=O) groups is 2. The SMILES string of the molecule is CCOC(=O)CCN(CCC(C)C)C(=O)c1ccc([N+](=O)[O-])cc1. The quantitative estimate of drug-likeness (QED) is 0.393. The molecule has 1 amide bonds. The summed E-state index contributed by atoms with van der Waals surface area (Å²) in [4.78, 5) is 35.9. The van der Waals surface area contributed by atoms with E-state index in [0.29, 0.717) is 24.6 Å². The van der Waals surface area contributed by atoms with Crippen LogP contribution in [0, 0.1) is 16.0 Å². The number of hydrogen-bond donors (Lipinski definition) is 0. The predicted molar refractivity (Wildman–Crippen MR) is 89.7 cm³/mol. The molecule has 0 spiro atoms. The molecule has 7 nitrogen and oxygen atoms in total. The van der Waals surface area contributed by atoms with Crippen LogP contribution in [0.1, 0.15) is 44.0 Å². The molecule has 1 aromatic carbocycles. The van der Waals surface area contributed by atoms with Crippen LogP contribution in [0.4, 0.5) is 5.69 Å². The fourth-order valence-corrected chi connectivity index (χ4v) is 2.10. The average molecular weight is 336 g/mol. The maximum absolute atomic E-state index is 12.6. The molecular formula is C17H24N2O5. The van der Waals surface area contributed by atoms with E-state index in [2.05, 4.69) is 13.8 Å². The van der Waals surface area contributed by atoms with E-state index < -0.39 is 4.92 Å². The molecule has 132 valence electrons. The predicted octanol–water partition coefficient (Wildman–Crippen LogP) is 3.04. The molecule has 1 rings (SSSR count). The lowest BCUT2D eigenvalue weighted by Gasteiger charge is -2.23. The van der Waals surface area contributed by atoms with Gasteiger partial charge in [-0.1, -0.05) is 13.8 Å². The lowest BCUT2D eigenvalue weighted by atomic mass is 10.1. The highest BCUT2D eigenvalue weighted by atomic mass is 16.6. The Balaban J connectivity index is 2.81. The minimum atomic E-state index is -0.508. The topological polar surface area (TPSA) is 89.8 Å². The van der Waals surface area contributed by atoms with E-state index in [1.807, 2.05) is 0 Å². The number of benzene rings is 1. The second-order valence-corrected chi connectivity index (χ2v) is 5.83. The number of ether oxygens (including phenoxy) is 1. The number of carbonyl (C=O) groups excluding carboxylic acids is 2. The van der Waals surface area contributed by atoms with Crippen molar-refractivity contribution in [1.82, 2.24) is 4.90 Å². The molecule has 7 heteroatoms. The molecule has 0 aliphatic carbocycles. The first-order valence-corrected chi connectivity index (χ1v) is 8.04.